The fourth-order valence-corrected chi connectivity index (χ4v) is 5.35. The normalized spacial score (nSPS) is 16.0. The minimum Gasteiger partial charge on any atom is -0.434 e. The van der Waals surface area contributed by atoms with Crippen LogP contribution >= 0.6 is 0 Å². The SMILES string of the molecule is CCC(NC(=O)Cc1ccc(S(=O)(=O)N2CCCCC2)cc1)c1ccccc1OC(F)F. The van der Waals surface area contributed by atoms with E-state index in [1.165, 1.54) is 22.5 Å². The molecule has 0 spiro atoms. The predicted molar refractivity (Wildman–Crippen MR) is 117 cm³/mol. The van der Waals surface area contributed by atoms with Gasteiger partial charge in [-0.25, -0.2) is 8.42 Å². The van der Waals surface area contributed by atoms with Gasteiger partial charge in [0.2, 0.25) is 15.9 Å². The number of carbonyl (C=O) groups excluding carboxylic acids is 1. The molecule has 2 aromatic rings. The molecule has 0 aromatic heterocycles. The molecule has 1 N–H and O–H groups in total. The number of para-hydroxylation sites is 1. The minimum atomic E-state index is -3.52. The maximum Gasteiger partial charge on any atom is 0.387 e. The van der Waals surface area contributed by atoms with Crippen molar-refractivity contribution in [2.75, 3.05) is 13.1 Å². The first-order valence-electron chi connectivity index (χ1n) is 10.7. The molecule has 6 nitrogen and oxygen atoms in total. The fourth-order valence-electron chi connectivity index (χ4n) is 3.84. The molecule has 1 saturated heterocycles. The lowest BCUT2D eigenvalue weighted by Crippen LogP contribution is -2.35. The summed E-state index contributed by atoms with van der Waals surface area (Å²) in [6.07, 6.45) is 3.29. The van der Waals surface area contributed by atoms with Crippen LogP contribution in [0.2, 0.25) is 0 Å². The Kier molecular flexibility index (Phi) is 8.20. The van der Waals surface area contributed by atoms with Gasteiger partial charge in [0.1, 0.15) is 5.75 Å². The van der Waals surface area contributed by atoms with Crippen LogP contribution in [-0.2, 0) is 21.2 Å². The van der Waals surface area contributed by atoms with Gasteiger partial charge in [0, 0.05) is 18.7 Å². The Labute approximate surface area is 187 Å². The van der Waals surface area contributed by atoms with E-state index in [1.807, 2.05) is 6.92 Å². The van der Waals surface area contributed by atoms with Crippen molar-refractivity contribution in [2.45, 2.75) is 56.6 Å². The van der Waals surface area contributed by atoms with E-state index in [9.17, 15) is 22.0 Å². The van der Waals surface area contributed by atoms with Crippen molar-refractivity contribution in [3.05, 3.63) is 59.7 Å². The minimum absolute atomic E-state index is 0.0296. The van der Waals surface area contributed by atoms with Crippen molar-refractivity contribution < 1.29 is 26.7 Å². The van der Waals surface area contributed by atoms with Gasteiger partial charge in [-0.2, -0.15) is 13.1 Å². The monoisotopic (exact) mass is 466 g/mol. The van der Waals surface area contributed by atoms with Crippen molar-refractivity contribution in [2.24, 2.45) is 0 Å². The largest absolute Gasteiger partial charge is 0.434 e. The van der Waals surface area contributed by atoms with E-state index in [4.69, 9.17) is 0 Å². The Morgan fingerprint density at radius 3 is 2.34 bits per heavy atom. The number of nitrogens with one attached hydrogen (secondary N) is 1. The van der Waals surface area contributed by atoms with Crippen molar-refractivity contribution in [3.63, 3.8) is 0 Å². The number of halogens is 2. The van der Waals surface area contributed by atoms with Crippen molar-refractivity contribution in [1.82, 2.24) is 9.62 Å². The van der Waals surface area contributed by atoms with Crippen LogP contribution < -0.4 is 10.1 Å². The quantitative estimate of drug-likeness (QED) is 0.599. The third-order valence-electron chi connectivity index (χ3n) is 5.49. The zero-order valence-corrected chi connectivity index (χ0v) is 18.8. The highest BCUT2D eigenvalue weighted by molar-refractivity contribution is 7.89. The molecule has 3 rings (SSSR count). The van der Waals surface area contributed by atoms with Crippen LogP contribution in [0.3, 0.4) is 0 Å². The highest BCUT2D eigenvalue weighted by Crippen LogP contribution is 2.28. The summed E-state index contributed by atoms with van der Waals surface area (Å²) >= 11 is 0. The average Bonchev–Trinajstić information content (AvgIpc) is 2.78. The average molecular weight is 467 g/mol. The molecule has 174 valence electrons. The van der Waals surface area contributed by atoms with Crippen LogP contribution in [-0.4, -0.2) is 38.3 Å². The van der Waals surface area contributed by atoms with E-state index >= 15 is 0 Å². The number of hydrogen-bond acceptors (Lipinski definition) is 4. The van der Waals surface area contributed by atoms with E-state index in [-0.39, 0.29) is 23.0 Å². The first kappa shape index (κ1) is 24.1. The molecule has 1 atom stereocenters. The summed E-state index contributed by atoms with van der Waals surface area (Å²) < 4.78 is 57.0. The third kappa shape index (κ3) is 6.04. The summed E-state index contributed by atoms with van der Waals surface area (Å²) in [5, 5.41) is 2.85. The molecule has 1 aliphatic rings. The molecule has 32 heavy (non-hydrogen) atoms. The van der Waals surface area contributed by atoms with Gasteiger partial charge in [0.25, 0.3) is 0 Å². The lowest BCUT2D eigenvalue weighted by atomic mass is 10.0. The topological polar surface area (TPSA) is 75.7 Å². The highest BCUT2D eigenvalue weighted by atomic mass is 32.2. The molecule has 1 aliphatic heterocycles. The van der Waals surface area contributed by atoms with Crippen molar-refractivity contribution >= 4 is 15.9 Å². The number of amides is 1. The summed E-state index contributed by atoms with van der Waals surface area (Å²) in [5.74, 6) is -0.266. The lowest BCUT2D eigenvalue weighted by Gasteiger charge is -2.25. The molecule has 1 heterocycles. The molecule has 2 aromatic carbocycles. The summed E-state index contributed by atoms with van der Waals surface area (Å²) in [6, 6.07) is 12.2. The molecule has 9 heteroatoms. The Morgan fingerprint density at radius 2 is 1.72 bits per heavy atom. The number of ether oxygens (including phenoxy) is 1. The second-order valence-electron chi connectivity index (χ2n) is 7.73. The van der Waals surface area contributed by atoms with E-state index in [0.717, 1.165) is 19.3 Å². The number of piperidine rings is 1. The van der Waals surface area contributed by atoms with E-state index in [0.29, 0.717) is 30.6 Å². The lowest BCUT2D eigenvalue weighted by molar-refractivity contribution is -0.121. The van der Waals surface area contributed by atoms with Crippen LogP contribution in [0.5, 0.6) is 5.75 Å². The van der Waals surface area contributed by atoms with Gasteiger partial charge >= 0.3 is 6.61 Å². The van der Waals surface area contributed by atoms with Crippen molar-refractivity contribution in [3.8, 4) is 5.75 Å². The van der Waals surface area contributed by atoms with Gasteiger partial charge in [-0.15, -0.1) is 0 Å². The Bertz CT molecular complexity index is 1010. The van der Waals surface area contributed by atoms with Gasteiger partial charge in [-0.1, -0.05) is 43.7 Å². The summed E-state index contributed by atoms with van der Waals surface area (Å²) in [4.78, 5) is 12.8. The first-order valence-corrected chi connectivity index (χ1v) is 12.2. The van der Waals surface area contributed by atoms with Gasteiger partial charge in [0.15, 0.2) is 0 Å². The highest BCUT2D eigenvalue weighted by Gasteiger charge is 2.26. The Morgan fingerprint density at radius 1 is 1.06 bits per heavy atom. The molecule has 0 bridgehead atoms. The molecular weight excluding hydrogens is 438 g/mol. The number of alkyl halides is 2. The second kappa shape index (κ2) is 10.9. The number of rotatable bonds is 9. The van der Waals surface area contributed by atoms with E-state index in [2.05, 4.69) is 10.1 Å². The number of hydrogen-bond donors (Lipinski definition) is 1. The van der Waals surface area contributed by atoms with Crippen molar-refractivity contribution in [1.29, 1.82) is 0 Å². The number of sulfonamides is 1. The molecule has 0 radical (unpaired) electrons. The summed E-state index contributed by atoms with van der Waals surface area (Å²) in [5.41, 5.74) is 1.14. The zero-order valence-electron chi connectivity index (χ0n) is 18.0. The zero-order chi connectivity index (χ0) is 23.1. The molecular formula is C23H28F2N2O4S. The number of carbonyl (C=O) groups is 1. The van der Waals surface area contributed by atoms with Gasteiger partial charge in [-0.3, -0.25) is 4.79 Å². The summed E-state index contributed by atoms with van der Waals surface area (Å²) in [7, 11) is -3.52. The van der Waals surface area contributed by atoms with E-state index in [1.54, 1.807) is 30.3 Å². The molecule has 0 aliphatic carbocycles. The Hall–Kier alpha value is -2.52. The maximum atomic E-state index is 12.8. The smallest absolute Gasteiger partial charge is 0.387 e. The van der Waals surface area contributed by atoms with E-state index < -0.39 is 22.7 Å². The first-order chi connectivity index (χ1) is 15.3. The fraction of sp³-hybridized carbons (Fsp3) is 0.435. The van der Waals surface area contributed by atoms with Gasteiger partial charge < -0.3 is 10.1 Å². The molecule has 0 saturated carbocycles. The van der Waals surface area contributed by atoms with Crippen LogP contribution in [0.15, 0.2) is 53.4 Å². The van der Waals surface area contributed by atoms with Crippen LogP contribution in [0.4, 0.5) is 8.78 Å². The van der Waals surface area contributed by atoms with Crippen LogP contribution in [0.1, 0.15) is 49.8 Å². The van der Waals surface area contributed by atoms with Crippen LogP contribution in [0, 0.1) is 0 Å². The molecule has 1 amide bonds. The Balaban J connectivity index is 1.66. The third-order valence-corrected chi connectivity index (χ3v) is 7.41. The second-order valence-corrected chi connectivity index (χ2v) is 9.67. The van der Waals surface area contributed by atoms with Gasteiger partial charge in [-0.05, 0) is 43.0 Å². The standard InChI is InChI=1S/C23H28F2N2O4S/c1-2-20(19-8-4-5-9-21(19)31-23(24)25)26-22(28)16-17-10-12-18(13-11-17)32(29,30)27-14-6-3-7-15-27/h4-5,8-13,20,23H,2-3,6-7,14-16H2,1H3,(H,26,28). The maximum absolute atomic E-state index is 12.8. The summed E-state index contributed by atoms with van der Waals surface area (Å²) in [6.45, 7) is -0.0581. The molecule has 1 unspecified atom stereocenters. The van der Waals surface area contributed by atoms with Crippen LogP contribution in [0.25, 0.3) is 0 Å². The number of nitrogens with zero attached hydrogens (tertiary/aromatic N) is 1. The predicted octanol–water partition coefficient (Wildman–Crippen LogP) is 4.27. The number of benzene rings is 2. The van der Waals surface area contributed by atoms with Gasteiger partial charge in [0.05, 0.1) is 17.4 Å². The molecule has 1 fully saturated rings.